The second-order valence-corrected chi connectivity index (χ2v) is 9.29. The maximum absolute atomic E-state index is 12.4. The van der Waals surface area contributed by atoms with Crippen molar-refractivity contribution in [1.29, 1.82) is 0 Å². The minimum atomic E-state index is -0.764. The summed E-state index contributed by atoms with van der Waals surface area (Å²) in [5.41, 5.74) is 1.41. The molecule has 1 aliphatic heterocycles. The molecule has 0 bridgehead atoms. The number of methoxy groups -OCH3 is 1. The number of hydrogen-bond acceptors (Lipinski definition) is 6. The van der Waals surface area contributed by atoms with E-state index < -0.39 is 18.2 Å². The number of carbonyl (C=O) groups is 1. The monoisotopic (exact) mass is 440 g/mol. The summed E-state index contributed by atoms with van der Waals surface area (Å²) < 4.78 is 29.9. The number of rotatable bonds is 9. The number of ether oxygens (including phenoxy) is 5. The van der Waals surface area contributed by atoms with Crippen LogP contribution in [-0.2, 0) is 30.3 Å². The maximum atomic E-state index is 12.4. The third-order valence-electron chi connectivity index (χ3n) is 6.42. The zero-order valence-electron chi connectivity index (χ0n) is 19.2. The molecule has 1 saturated carbocycles. The first-order chi connectivity index (χ1) is 15.3. The number of benzene rings is 2. The van der Waals surface area contributed by atoms with Gasteiger partial charge in [-0.3, -0.25) is 0 Å². The van der Waals surface area contributed by atoms with E-state index in [0.29, 0.717) is 18.8 Å². The Morgan fingerprint density at radius 3 is 2.34 bits per heavy atom. The van der Waals surface area contributed by atoms with Crippen molar-refractivity contribution in [3.63, 3.8) is 0 Å². The van der Waals surface area contributed by atoms with E-state index in [1.165, 1.54) is 0 Å². The van der Waals surface area contributed by atoms with Crippen LogP contribution in [0.2, 0.25) is 0 Å². The minimum absolute atomic E-state index is 0.167. The Hall–Kier alpha value is -2.25. The van der Waals surface area contributed by atoms with E-state index in [0.717, 1.165) is 12.0 Å². The van der Waals surface area contributed by atoms with Gasteiger partial charge in [0.15, 0.2) is 12.1 Å². The zero-order valence-corrected chi connectivity index (χ0v) is 19.2. The van der Waals surface area contributed by atoms with Gasteiger partial charge in [-0.1, -0.05) is 55.5 Å². The molecule has 0 spiro atoms. The summed E-state index contributed by atoms with van der Waals surface area (Å²) in [6.07, 6.45) is -0.338. The molecule has 0 N–H and O–H groups in total. The highest BCUT2D eigenvalue weighted by molar-refractivity contribution is 5.89. The molecule has 2 aromatic rings. The van der Waals surface area contributed by atoms with Gasteiger partial charge in [0, 0.05) is 18.4 Å². The zero-order chi connectivity index (χ0) is 22.8. The van der Waals surface area contributed by atoms with Crippen molar-refractivity contribution in [2.24, 2.45) is 11.3 Å². The van der Waals surface area contributed by atoms with Crippen molar-refractivity contribution in [2.75, 3.05) is 13.7 Å². The Bertz CT molecular complexity index is 899. The summed E-state index contributed by atoms with van der Waals surface area (Å²) in [5.74, 6) is -0.904. The summed E-state index contributed by atoms with van der Waals surface area (Å²) in [7, 11) is 1.62. The van der Waals surface area contributed by atoms with Crippen LogP contribution in [0.5, 0.6) is 0 Å². The molecule has 2 fully saturated rings. The van der Waals surface area contributed by atoms with E-state index >= 15 is 0 Å². The average Bonchev–Trinajstić information content (AvgIpc) is 3.35. The van der Waals surface area contributed by atoms with Gasteiger partial charge in [-0.25, -0.2) is 4.79 Å². The van der Waals surface area contributed by atoms with Gasteiger partial charge in [-0.15, -0.1) is 0 Å². The summed E-state index contributed by atoms with van der Waals surface area (Å²) in [4.78, 5) is 12.4. The molecular formula is C26H32O6. The molecule has 172 valence electrons. The lowest BCUT2D eigenvalue weighted by Gasteiger charge is -2.32. The molecule has 2 aromatic carbocycles. The van der Waals surface area contributed by atoms with Crippen molar-refractivity contribution in [2.45, 2.75) is 58.1 Å². The van der Waals surface area contributed by atoms with Crippen LogP contribution >= 0.6 is 0 Å². The number of hydrogen-bond donors (Lipinski definition) is 0. The summed E-state index contributed by atoms with van der Waals surface area (Å²) in [6.45, 7) is 6.70. The fourth-order valence-electron chi connectivity index (χ4n) is 4.47. The second-order valence-electron chi connectivity index (χ2n) is 9.29. The molecule has 2 aliphatic rings. The van der Waals surface area contributed by atoms with Crippen LogP contribution < -0.4 is 0 Å². The van der Waals surface area contributed by atoms with Crippen molar-refractivity contribution >= 4 is 5.97 Å². The molecule has 6 heteroatoms. The molecule has 32 heavy (non-hydrogen) atoms. The Labute approximate surface area is 189 Å². The first-order valence-electron chi connectivity index (χ1n) is 11.1. The van der Waals surface area contributed by atoms with Crippen molar-refractivity contribution in [3.05, 3.63) is 71.8 Å². The third-order valence-corrected chi connectivity index (χ3v) is 6.42. The minimum Gasteiger partial charge on any atom is -0.462 e. The second kappa shape index (κ2) is 9.32. The topological polar surface area (TPSA) is 63.2 Å². The molecule has 1 saturated heterocycles. The molecule has 1 aliphatic carbocycles. The van der Waals surface area contributed by atoms with E-state index in [1.54, 1.807) is 19.2 Å². The smallest absolute Gasteiger partial charge is 0.338 e. The van der Waals surface area contributed by atoms with Crippen LogP contribution in [0.3, 0.4) is 0 Å². The Morgan fingerprint density at radius 1 is 1.03 bits per heavy atom. The molecule has 1 heterocycles. The first-order valence-corrected chi connectivity index (χ1v) is 11.1. The van der Waals surface area contributed by atoms with Gasteiger partial charge in [-0.05, 0) is 38.0 Å². The van der Waals surface area contributed by atoms with Crippen LogP contribution in [0.1, 0.15) is 43.1 Å². The van der Waals surface area contributed by atoms with Gasteiger partial charge in [0.1, 0.15) is 6.10 Å². The predicted molar refractivity (Wildman–Crippen MR) is 119 cm³/mol. The van der Waals surface area contributed by atoms with Gasteiger partial charge in [0.2, 0.25) is 0 Å². The van der Waals surface area contributed by atoms with Gasteiger partial charge in [0.05, 0.1) is 24.9 Å². The lowest BCUT2D eigenvalue weighted by molar-refractivity contribution is -0.183. The lowest BCUT2D eigenvalue weighted by Crippen LogP contribution is -2.44. The van der Waals surface area contributed by atoms with Crippen LogP contribution in [0, 0.1) is 11.3 Å². The van der Waals surface area contributed by atoms with E-state index in [-0.39, 0.29) is 23.4 Å². The van der Waals surface area contributed by atoms with Gasteiger partial charge >= 0.3 is 5.97 Å². The Kier molecular flexibility index (Phi) is 6.67. The fourth-order valence-corrected chi connectivity index (χ4v) is 4.47. The molecule has 3 unspecified atom stereocenters. The van der Waals surface area contributed by atoms with Gasteiger partial charge in [0.25, 0.3) is 0 Å². The molecular weight excluding hydrogens is 408 g/mol. The molecule has 0 amide bonds. The van der Waals surface area contributed by atoms with Gasteiger partial charge in [-0.2, -0.15) is 0 Å². The predicted octanol–water partition coefficient (Wildman–Crippen LogP) is 4.58. The normalized spacial score (nSPS) is 29.4. The van der Waals surface area contributed by atoms with E-state index in [2.05, 4.69) is 6.92 Å². The SMILES string of the molecule is COC1OC(C)(C)OC1C(OCc1ccccc1)[C@]1(C)C[C@@H]1COC(=O)c1ccccc1. The van der Waals surface area contributed by atoms with Crippen LogP contribution in [-0.4, -0.2) is 44.0 Å². The average molecular weight is 441 g/mol. The molecule has 6 nitrogen and oxygen atoms in total. The first kappa shape index (κ1) is 22.9. The van der Waals surface area contributed by atoms with E-state index in [4.69, 9.17) is 23.7 Å². The molecule has 0 aromatic heterocycles. The van der Waals surface area contributed by atoms with Crippen LogP contribution in [0.25, 0.3) is 0 Å². The largest absolute Gasteiger partial charge is 0.462 e. The number of carbonyl (C=O) groups excluding carboxylic acids is 1. The highest BCUT2D eigenvalue weighted by Gasteiger charge is 2.62. The van der Waals surface area contributed by atoms with E-state index in [9.17, 15) is 4.79 Å². The Balaban J connectivity index is 1.46. The maximum Gasteiger partial charge on any atom is 0.338 e. The molecule has 4 rings (SSSR count). The third kappa shape index (κ3) is 5.04. The summed E-state index contributed by atoms with van der Waals surface area (Å²) >= 11 is 0. The molecule has 5 atom stereocenters. The lowest BCUT2D eigenvalue weighted by atomic mass is 9.93. The quantitative estimate of drug-likeness (QED) is 0.532. The van der Waals surface area contributed by atoms with Gasteiger partial charge < -0.3 is 23.7 Å². The van der Waals surface area contributed by atoms with Crippen LogP contribution in [0.4, 0.5) is 0 Å². The standard InChI is InChI=1S/C26H32O6/c1-25(2)31-21(24(28-4)32-25)22(29-16-18-11-7-5-8-12-18)26(3)15-20(26)17-30-23(27)19-13-9-6-10-14-19/h5-14,20-22,24H,15-17H2,1-4H3/t20-,21?,22?,24?,26-/m1/s1. The Morgan fingerprint density at radius 2 is 1.69 bits per heavy atom. The fraction of sp³-hybridized carbons (Fsp3) is 0.500. The summed E-state index contributed by atoms with van der Waals surface area (Å²) in [6, 6.07) is 19.1. The van der Waals surface area contributed by atoms with E-state index in [1.807, 2.05) is 62.4 Å². The van der Waals surface area contributed by atoms with Crippen molar-refractivity contribution < 1.29 is 28.5 Å². The number of esters is 1. The molecule has 0 radical (unpaired) electrons. The van der Waals surface area contributed by atoms with Crippen molar-refractivity contribution in [3.8, 4) is 0 Å². The van der Waals surface area contributed by atoms with Crippen molar-refractivity contribution in [1.82, 2.24) is 0 Å². The van der Waals surface area contributed by atoms with Crippen LogP contribution in [0.15, 0.2) is 60.7 Å². The summed E-state index contributed by atoms with van der Waals surface area (Å²) in [5, 5.41) is 0. The highest BCUT2D eigenvalue weighted by Crippen LogP contribution is 2.58. The highest BCUT2D eigenvalue weighted by atomic mass is 16.8.